The number of phenols is 1. The zero-order chi connectivity index (χ0) is 22.4. The molecule has 2 aliphatic carbocycles. The fourth-order valence-electron chi connectivity index (χ4n) is 4.84. The second kappa shape index (κ2) is 7.56. The van der Waals surface area contributed by atoms with E-state index < -0.39 is 22.7 Å². The molecule has 0 aliphatic heterocycles. The maximum Gasteiger partial charge on any atom is 0.163 e. The van der Waals surface area contributed by atoms with Crippen LogP contribution in [-0.2, 0) is 14.4 Å². The lowest BCUT2D eigenvalue weighted by molar-refractivity contribution is -0.140. The number of rotatable bonds is 4. The highest BCUT2D eigenvalue weighted by molar-refractivity contribution is 6.09. The standard InChI is InChI=1S/C24H30O6/c1-23(2)9-16(26)21(17(27)10-23)20(14-8-13(30-5)6-7-15(14)25)22-18(28)11-24(3,4)12-19(22)29/h6-8,20-21,25,28H,9-12H2,1-5H3. The van der Waals surface area contributed by atoms with Crippen molar-refractivity contribution >= 4 is 17.3 Å². The number of methoxy groups -OCH3 is 1. The molecule has 1 fully saturated rings. The van der Waals surface area contributed by atoms with E-state index in [1.807, 2.05) is 27.7 Å². The topological polar surface area (TPSA) is 101 Å². The van der Waals surface area contributed by atoms with Crippen molar-refractivity contribution in [2.75, 3.05) is 7.11 Å². The van der Waals surface area contributed by atoms with Crippen molar-refractivity contribution in [3.63, 3.8) is 0 Å². The third kappa shape index (κ3) is 4.13. The molecule has 0 spiro atoms. The van der Waals surface area contributed by atoms with E-state index in [0.29, 0.717) is 5.75 Å². The Morgan fingerprint density at radius 1 is 0.933 bits per heavy atom. The molecular formula is C24H30O6. The number of ether oxygens (including phenoxy) is 1. The van der Waals surface area contributed by atoms with Crippen molar-refractivity contribution < 1.29 is 29.3 Å². The largest absolute Gasteiger partial charge is 0.512 e. The minimum absolute atomic E-state index is 0.0595. The molecule has 2 N–H and O–H groups in total. The molecule has 1 saturated carbocycles. The van der Waals surface area contributed by atoms with E-state index in [4.69, 9.17) is 4.74 Å². The SMILES string of the molecule is COc1ccc(O)c(C(C2=C(O)CC(C)(C)CC2=O)C2C(=O)CC(C)(C)CC2=O)c1. The summed E-state index contributed by atoms with van der Waals surface area (Å²) in [6.07, 6.45) is 0.834. The van der Waals surface area contributed by atoms with Crippen molar-refractivity contribution in [3.8, 4) is 11.5 Å². The second-order valence-corrected chi connectivity index (χ2v) is 10.1. The number of aliphatic hydroxyl groups excluding tert-OH is 1. The summed E-state index contributed by atoms with van der Waals surface area (Å²) in [5, 5.41) is 21.5. The quantitative estimate of drug-likeness (QED) is 0.714. The molecule has 1 aromatic carbocycles. The Hall–Kier alpha value is -2.63. The lowest BCUT2D eigenvalue weighted by Gasteiger charge is -2.39. The molecule has 0 bridgehead atoms. The van der Waals surface area contributed by atoms with Gasteiger partial charge in [-0.2, -0.15) is 0 Å². The maximum absolute atomic E-state index is 13.1. The number of aromatic hydroxyl groups is 1. The first-order valence-corrected chi connectivity index (χ1v) is 10.2. The van der Waals surface area contributed by atoms with Crippen LogP contribution in [0.1, 0.15) is 64.9 Å². The summed E-state index contributed by atoms with van der Waals surface area (Å²) < 4.78 is 5.26. The van der Waals surface area contributed by atoms with Gasteiger partial charge in [0.25, 0.3) is 0 Å². The fourth-order valence-corrected chi connectivity index (χ4v) is 4.84. The Morgan fingerprint density at radius 3 is 2.03 bits per heavy atom. The van der Waals surface area contributed by atoms with Crippen LogP contribution in [-0.4, -0.2) is 34.7 Å². The second-order valence-electron chi connectivity index (χ2n) is 10.1. The molecule has 162 valence electrons. The molecule has 30 heavy (non-hydrogen) atoms. The lowest BCUT2D eigenvalue weighted by Crippen LogP contribution is -2.43. The first-order valence-electron chi connectivity index (χ1n) is 10.2. The Morgan fingerprint density at radius 2 is 1.50 bits per heavy atom. The average molecular weight is 414 g/mol. The maximum atomic E-state index is 13.1. The minimum Gasteiger partial charge on any atom is -0.512 e. The Bertz CT molecular complexity index is 917. The summed E-state index contributed by atoms with van der Waals surface area (Å²) >= 11 is 0. The van der Waals surface area contributed by atoms with E-state index in [0.717, 1.165) is 0 Å². The highest BCUT2D eigenvalue weighted by Crippen LogP contribution is 2.49. The molecule has 6 nitrogen and oxygen atoms in total. The first-order chi connectivity index (χ1) is 13.8. The van der Waals surface area contributed by atoms with E-state index in [-0.39, 0.29) is 65.7 Å². The highest BCUT2D eigenvalue weighted by atomic mass is 16.5. The normalized spacial score (nSPS) is 22.9. The monoisotopic (exact) mass is 414 g/mol. The van der Waals surface area contributed by atoms with Gasteiger partial charge in [-0.25, -0.2) is 0 Å². The number of allylic oxidation sites excluding steroid dienone is 2. The van der Waals surface area contributed by atoms with E-state index in [2.05, 4.69) is 0 Å². The molecule has 0 radical (unpaired) electrons. The minimum atomic E-state index is -1.13. The number of benzene rings is 1. The van der Waals surface area contributed by atoms with E-state index in [1.54, 1.807) is 6.07 Å². The summed E-state index contributed by atoms with van der Waals surface area (Å²) in [4.78, 5) is 39.4. The van der Waals surface area contributed by atoms with Crippen LogP contribution in [0.3, 0.4) is 0 Å². The molecule has 3 rings (SSSR count). The molecule has 0 aromatic heterocycles. The molecule has 1 atom stereocenters. The predicted molar refractivity (Wildman–Crippen MR) is 112 cm³/mol. The van der Waals surface area contributed by atoms with Crippen LogP contribution in [0.15, 0.2) is 29.5 Å². The van der Waals surface area contributed by atoms with Gasteiger partial charge < -0.3 is 14.9 Å². The summed E-state index contributed by atoms with van der Waals surface area (Å²) in [5.41, 5.74) is -0.575. The molecule has 0 heterocycles. The number of aliphatic hydroxyl groups is 1. The molecule has 0 saturated heterocycles. The van der Waals surface area contributed by atoms with Gasteiger partial charge in [0.2, 0.25) is 0 Å². The van der Waals surface area contributed by atoms with E-state index in [1.165, 1.54) is 19.2 Å². The van der Waals surface area contributed by atoms with Gasteiger partial charge >= 0.3 is 0 Å². The van der Waals surface area contributed by atoms with Gasteiger partial charge in [0, 0.05) is 42.7 Å². The first kappa shape index (κ1) is 22.1. The van der Waals surface area contributed by atoms with Crippen LogP contribution in [0.5, 0.6) is 11.5 Å². The van der Waals surface area contributed by atoms with Gasteiger partial charge in [0.15, 0.2) is 5.78 Å². The van der Waals surface area contributed by atoms with Gasteiger partial charge in [0.05, 0.1) is 13.0 Å². The van der Waals surface area contributed by atoms with Gasteiger partial charge in [-0.1, -0.05) is 27.7 Å². The lowest BCUT2D eigenvalue weighted by atomic mass is 9.62. The van der Waals surface area contributed by atoms with Crippen LogP contribution in [0.2, 0.25) is 0 Å². The predicted octanol–water partition coefficient (Wildman–Crippen LogP) is 4.26. The van der Waals surface area contributed by atoms with Gasteiger partial charge in [-0.15, -0.1) is 0 Å². The molecular weight excluding hydrogens is 384 g/mol. The molecule has 6 heteroatoms. The third-order valence-electron chi connectivity index (χ3n) is 6.11. The Balaban J connectivity index is 2.22. The van der Waals surface area contributed by atoms with Crippen molar-refractivity contribution in [1.29, 1.82) is 0 Å². The zero-order valence-corrected chi connectivity index (χ0v) is 18.2. The van der Waals surface area contributed by atoms with E-state index >= 15 is 0 Å². The number of hydrogen-bond donors (Lipinski definition) is 2. The van der Waals surface area contributed by atoms with Gasteiger partial charge in [-0.3, -0.25) is 14.4 Å². The number of carbonyl (C=O) groups is 3. The van der Waals surface area contributed by atoms with Crippen molar-refractivity contribution in [1.82, 2.24) is 0 Å². The number of hydrogen-bond acceptors (Lipinski definition) is 6. The van der Waals surface area contributed by atoms with Gasteiger partial charge in [-0.05, 0) is 29.0 Å². The fraction of sp³-hybridized carbons (Fsp3) is 0.542. The van der Waals surface area contributed by atoms with Crippen LogP contribution in [0.4, 0.5) is 0 Å². The summed E-state index contributed by atoms with van der Waals surface area (Å²) in [6.45, 7) is 7.49. The van der Waals surface area contributed by atoms with Crippen LogP contribution < -0.4 is 4.74 Å². The van der Waals surface area contributed by atoms with Crippen LogP contribution >= 0.6 is 0 Å². The van der Waals surface area contributed by atoms with Crippen LogP contribution in [0.25, 0.3) is 0 Å². The smallest absolute Gasteiger partial charge is 0.163 e. The van der Waals surface area contributed by atoms with Crippen molar-refractivity contribution in [2.24, 2.45) is 16.7 Å². The Kier molecular flexibility index (Phi) is 5.56. The van der Waals surface area contributed by atoms with Crippen molar-refractivity contribution in [2.45, 2.75) is 59.3 Å². The molecule has 2 aliphatic rings. The van der Waals surface area contributed by atoms with Gasteiger partial charge in [0.1, 0.15) is 28.8 Å². The summed E-state index contributed by atoms with van der Waals surface area (Å²) in [7, 11) is 1.47. The number of carbonyl (C=O) groups excluding carboxylic acids is 3. The summed E-state index contributed by atoms with van der Waals surface area (Å²) in [6, 6.07) is 4.51. The Labute approximate surface area is 176 Å². The molecule has 0 amide bonds. The molecule has 1 unspecified atom stereocenters. The van der Waals surface area contributed by atoms with Crippen LogP contribution in [0, 0.1) is 16.7 Å². The number of ketones is 3. The zero-order valence-electron chi connectivity index (χ0n) is 18.2. The van der Waals surface area contributed by atoms with E-state index in [9.17, 15) is 24.6 Å². The van der Waals surface area contributed by atoms with Crippen molar-refractivity contribution in [3.05, 3.63) is 35.1 Å². The molecule has 1 aromatic rings. The summed E-state index contributed by atoms with van der Waals surface area (Å²) in [5.74, 6) is -2.87. The number of Topliss-reactive ketones (excluding diaryl/α,β-unsaturated/α-hetero) is 3. The third-order valence-corrected chi connectivity index (χ3v) is 6.11. The average Bonchev–Trinajstić information content (AvgIpc) is 2.57. The highest BCUT2D eigenvalue weighted by Gasteiger charge is 2.49. The number of phenolic OH excluding ortho intramolecular Hbond substituents is 1.